The van der Waals surface area contributed by atoms with E-state index in [-0.39, 0.29) is 22.2 Å². The van der Waals surface area contributed by atoms with Crippen LogP contribution >= 0.6 is 56.8 Å². The lowest BCUT2D eigenvalue weighted by Crippen LogP contribution is -2.26. The number of nitrogens with zero attached hydrogens (tertiary/aromatic N) is 3. The molecule has 2 aliphatic heterocycles. The van der Waals surface area contributed by atoms with Crippen LogP contribution in [0.4, 0.5) is 43.4 Å². The summed E-state index contributed by atoms with van der Waals surface area (Å²) in [7, 11) is 0. The summed E-state index contributed by atoms with van der Waals surface area (Å²) in [6.07, 6.45) is 0. The van der Waals surface area contributed by atoms with E-state index in [0.717, 1.165) is 68.8 Å². The molecule has 0 bridgehead atoms. The maximum Gasteiger partial charge on any atom is 0.132 e. The third-order valence-electron chi connectivity index (χ3n) is 11.9. The quantitative estimate of drug-likeness (QED) is 0.141. The van der Waals surface area contributed by atoms with Crippen LogP contribution in [0.1, 0.15) is 49.9 Å². The predicted octanol–water partition coefficient (Wildman–Crippen LogP) is 15.9. The van der Waals surface area contributed by atoms with Crippen LogP contribution < -0.4 is 10.2 Å². The molecular formula is C52H41ClF6I2N4. The van der Waals surface area contributed by atoms with Gasteiger partial charge >= 0.3 is 0 Å². The first-order valence-electron chi connectivity index (χ1n) is 20.6. The van der Waals surface area contributed by atoms with E-state index >= 15 is 0 Å². The van der Waals surface area contributed by atoms with E-state index in [9.17, 15) is 26.3 Å². The van der Waals surface area contributed by atoms with Crippen molar-refractivity contribution in [1.82, 2.24) is 9.97 Å². The Morgan fingerprint density at radius 3 is 1.66 bits per heavy atom. The monoisotopic (exact) mass is 1120 g/mol. The van der Waals surface area contributed by atoms with Gasteiger partial charge < -0.3 is 10.2 Å². The highest BCUT2D eigenvalue weighted by Crippen LogP contribution is 2.49. The van der Waals surface area contributed by atoms with Crippen molar-refractivity contribution in [3.8, 4) is 22.5 Å². The molecule has 0 atom stereocenters. The summed E-state index contributed by atoms with van der Waals surface area (Å²) in [6, 6.07) is 27.9. The predicted molar refractivity (Wildman–Crippen MR) is 268 cm³/mol. The molecule has 0 saturated heterocycles. The van der Waals surface area contributed by atoms with Crippen molar-refractivity contribution in [3.05, 3.63) is 179 Å². The SMILES string of the molecule is CC1(C)CNc2cc(I)ccc21.Cc1c(-c2cc(F)ccc2F)nc2cc(F)ccc2c1Cl.Cc1c(-c2cc(F)ccc2F)nc2cc(F)ccc2c1N1CC(C)(C)c2ccc(I)cc21. The van der Waals surface area contributed by atoms with Gasteiger partial charge in [-0.2, -0.15) is 0 Å². The molecule has 0 amide bonds. The summed E-state index contributed by atoms with van der Waals surface area (Å²) in [5.74, 6) is -3.21. The minimum Gasteiger partial charge on any atom is -0.384 e. The molecule has 0 unspecified atom stereocenters. The molecular weight excluding hydrogens is 1080 g/mol. The van der Waals surface area contributed by atoms with Crippen LogP contribution in [0.5, 0.6) is 0 Å². The molecule has 332 valence electrons. The number of fused-ring (bicyclic) bond motifs is 4. The number of anilines is 3. The van der Waals surface area contributed by atoms with E-state index < -0.39 is 34.9 Å². The smallest absolute Gasteiger partial charge is 0.132 e. The molecule has 0 fully saturated rings. The van der Waals surface area contributed by atoms with Crippen LogP contribution in [0.25, 0.3) is 44.3 Å². The molecule has 2 aliphatic rings. The van der Waals surface area contributed by atoms with Crippen molar-refractivity contribution >= 4 is 95.7 Å². The highest BCUT2D eigenvalue weighted by molar-refractivity contribution is 14.1. The maximum atomic E-state index is 14.7. The Bertz CT molecular complexity index is 3200. The van der Waals surface area contributed by atoms with Gasteiger partial charge in [0.15, 0.2) is 0 Å². The number of hydrogen-bond donors (Lipinski definition) is 1. The molecule has 2 aromatic heterocycles. The topological polar surface area (TPSA) is 41.1 Å². The van der Waals surface area contributed by atoms with Gasteiger partial charge in [-0.25, -0.2) is 36.3 Å². The number of rotatable bonds is 3. The second kappa shape index (κ2) is 18.0. The Balaban J connectivity index is 0.000000149. The maximum absolute atomic E-state index is 14.7. The Morgan fingerprint density at radius 1 is 0.569 bits per heavy atom. The molecule has 10 rings (SSSR count). The third kappa shape index (κ3) is 9.27. The summed E-state index contributed by atoms with van der Waals surface area (Å²) in [6.45, 7) is 14.2. The van der Waals surface area contributed by atoms with Crippen LogP contribution in [0.3, 0.4) is 0 Å². The normalized spacial score (nSPS) is 14.3. The second-order valence-electron chi connectivity index (χ2n) is 17.5. The van der Waals surface area contributed by atoms with Gasteiger partial charge in [-0.1, -0.05) is 51.4 Å². The molecule has 0 spiro atoms. The van der Waals surface area contributed by atoms with Gasteiger partial charge in [-0.05, 0) is 166 Å². The molecule has 4 nitrogen and oxygen atoms in total. The average Bonchev–Trinajstić information content (AvgIpc) is 3.70. The van der Waals surface area contributed by atoms with E-state index in [0.29, 0.717) is 44.7 Å². The van der Waals surface area contributed by atoms with E-state index in [1.807, 2.05) is 6.92 Å². The van der Waals surface area contributed by atoms with Gasteiger partial charge in [0.25, 0.3) is 0 Å². The van der Waals surface area contributed by atoms with E-state index in [1.165, 1.54) is 50.7 Å². The second-order valence-corrected chi connectivity index (χ2v) is 20.3. The van der Waals surface area contributed by atoms with Crippen molar-refractivity contribution in [2.45, 2.75) is 52.4 Å². The van der Waals surface area contributed by atoms with Crippen molar-refractivity contribution in [1.29, 1.82) is 0 Å². The Labute approximate surface area is 405 Å². The molecule has 8 aromatic rings. The molecule has 1 N–H and O–H groups in total. The molecule has 13 heteroatoms. The number of hydrogen-bond acceptors (Lipinski definition) is 4. The van der Waals surface area contributed by atoms with Crippen LogP contribution in [0.2, 0.25) is 5.02 Å². The number of aromatic nitrogens is 2. The molecule has 0 saturated carbocycles. The molecule has 6 aromatic carbocycles. The molecule has 4 heterocycles. The number of benzene rings is 6. The van der Waals surface area contributed by atoms with Crippen LogP contribution in [0.15, 0.2) is 109 Å². The van der Waals surface area contributed by atoms with E-state index in [4.69, 9.17) is 11.6 Å². The summed E-state index contributed by atoms with van der Waals surface area (Å²) >= 11 is 10.9. The highest BCUT2D eigenvalue weighted by atomic mass is 127. The summed E-state index contributed by atoms with van der Waals surface area (Å²) in [5.41, 5.74) is 8.57. The first kappa shape index (κ1) is 46.6. The minimum atomic E-state index is -0.612. The Hall–Kier alpha value is -4.93. The van der Waals surface area contributed by atoms with Crippen LogP contribution in [-0.2, 0) is 10.8 Å². The molecule has 65 heavy (non-hydrogen) atoms. The van der Waals surface area contributed by atoms with Gasteiger partial charge in [0, 0.05) is 76.5 Å². The molecule has 0 aliphatic carbocycles. The van der Waals surface area contributed by atoms with Crippen molar-refractivity contribution < 1.29 is 26.3 Å². The summed E-state index contributed by atoms with van der Waals surface area (Å²) in [4.78, 5) is 11.0. The zero-order chi connectivity index (χ0) is 46.7. The van der Waals surface area contributed by atoms with Gasteiger partial charge in [-0.15, -0.1) is 0 Å². The average molecular weight is 1130 g/mol. The number of halogens is 9. The first-order valence-corrected chi connectivity index (χ1v) is 23.1. The highest BCUT2D eigenvalue weighted by Gasteiger charge is 2.38. The minimum absolute atomic E-state index is 0.000520. The summed E-state index contributed by atoms with van der Waals surface area (Å²) < 4.78 is 85.9. The zero-order valence-electron chi connectivity index (χ0n) is 36.0. The van der Waals surface area contributed by atoms with Gasteiger partial charge in [0.05, 0.1) is 33.1 Å². The lowest BCUT2D eigenvalue weighted by Gasteiger charge is -2.27. The van der Waals surface area contributed by atoms with E-state index in [2.05, 4.69) is 129 Å². The number of nitrogens with one attached hydrogen (secondary N) is 1. The fraction of sp³-hybridized carbons (Fsp3) is 0.192. The van der Waals surface area contributed by atoms with Gasteiger partial charge in [0.1, 0.15) is 34.9 Å². The van der Waals surface area contributed by atoms with Crippen molar-refractivity contribution in [3.63, 3.8) is 0 Å². The van der Waals surface area contributed by atoms with Gasteiger partial charge in [-0.3, -0.25) is 0 Å². The fourth-order valence-corrected chi connectivity index (χ4v) is 9.78. The molecule has 0 radical (unpaired) electrons. The summed E-state index contributed by atoms with van der Waals surface area (Å²) in [5, 5.41) is 5.11. The zero-order valence-corrected chi connectivity index (χ0v) is 41.1. The van der Waals surface area contributed by atoms with Crippen molar-refractivity contribution in [2.24, 2.45) is 0 Å². The van der Waals surface area contributed by atoms with Gasteiger partial charge in [0.2, 0.25) is 0 Å². The largest absolute Gasteiger partial charge is 0.384 e. The van der Waals surface area contributed by atoms with Crippen molar-refractivity contribution in [2.75, 3.05) is 23.3 Å². The Morgan fingerprint density at radius 2 is 1.06 bits per heavy atom. The fourth-order valence-electron chi connectivity index (χ4n) is 8.57. The first-order chi connectivity index (χ1) is 30.7. The third-order valence-corrected chi connectivity index (χ3v) is 13.7. The lowest BCUT2D eigenvalue weighted by molar-refractivity contribution is 0.569. The van der Waals surface area contributed by atoms with Crippen LogP contribution in [-0.4, -0.2) is 23.1 Å². The lowest BCUT2D eigenvalue weighted by atomic mass is 9.87. The number of pyridine rings is 2. The van der Waals surface area contributed by atoms with E-state index in [1.54, 1.807) is 13.0 Å². The Kier molecular flexibility index (Phi) is 12.9. The standard InChI is InChI=1S/C26H20F3IN2.C16H9ClF3N.C10H12IN/c1-14-24(19-10-15(27)5-9-21(19)29)31-22-11-16(28)4-7-18(22)25(14)32-13-26(2,3)20-8-6-17(30)12-23(20)32;1-8-15(17)11-4-2-10(19)7-14(11)21-16(8)12-6-9(18)3-5-13(12)20;1-10(2)6-12-9-5-7(11)3-4-8(9)10/h4-12H,13H2,1-3H3;2-7H,1H3;3-5,12H,6H2,1-2H3. The van der Waals surface area contributed by atoms with Crippen LogP contribution in [0, 0.1) is 55.9 Å².